The van der Waals surface area contributed by atoms with Crippen LogP contribution < -0.4 is 10.5 Å². The molecule has 0 radical (unpaired) electrons. The van der Waals surface area contributed by atoms with Gasteiger partial charge in [0.15, 0.2) is 0 Å². The predicted octanol–water partition coefficient (Wildman–Crippen LogP) is 2.98. The van der Waals surface area contributed by atoms with Crippen molar-refractivity contribution in [3.05, 3.63) is 29.3 Å². The normalized spacial score (nSPS) is 18.1. The maximum atomic E-state index is 11.8. The maximum Gasteiger partial charge on any atom is 0.411 e. The van der Waals surface area contributed by atoms with E-state index in [4.69, 9.17) is 10.5 Å². The summed E-state index contributed by atoms with van der Waals surface area (Å²) in [4.78, 5) is 0. The number of nitrogens with two attached hydrogens (primary N) is 1. The summed E-state index contributed by atoms with van der Waals surface area (Å²) in [7, 11) is 0. The average Bonchev–Trinajstić information content (AvgIpc) is 2.75. The summed E-state index contributed by atoms with van der Waals surface area (Å²) < 4.78 is 45.7. The summed E-state index contributed by atoms with van der Waals surface area (Å²) in [6.45, 7) is -0.833. The number of hydrogen-bond acceptors (Lipinski definition) is 3. The zero-order chi connectivity index (χ0) is 14.6. The fraction of sp³-hybridized carbons (Fsp3) is 0.571. The number of halogens is 3. The lowest BCUT2D eigenvalue weighted by molar-refractivity contribution is -0.174. The van der Waals surface area contributed by atoms with Gasteiger partial charge in [0.25, 0.3) is 0 Å². The SMILES string of the molecule is NC1CCc2c(OCCCOCC(F)(F)F)cccc21. The zero-order valence-electron chi connectivity index (χ0n) is 11.1. The van der Waals surface area contributed by atoms with Crippen LogP contribution in [0.25, 0.3) is 0 Å². The lowest BCUT2D eigenvalue weighted by atomic mass is 10.1. The van der Waals surface area contributed by atoms with Crippen molar-refractivity contribution in [2.24, 2.45) is 5.73 Å². The average molecular weight is 289 g/mol. The van der Waals surface area contributed by atoms with Gasteiger partial charge < -0.3 is 15.2 Å². The zero-order valence-corrected chi connectivity index (χ0v) is 11.1. The van der Waals surface area contributed by atoms with Gasteiger partial charge in [-0.15, -0.1) is 0 Å². The van der Waals surface area contributed by atoms with Gasteiger partial charge in [-0.25, -0.2) is 0 Å². The molecule has 112 valence electrons. The van der Waals surface area contributed by atoms with Crippen molar-refractivity contribution in [2.45, 2.75) is 31.5 Å². The van der Waals surface area contributed by atoms with Crippen LogP contribution >= 0.6 is 0 Å². The minimum Gasteiger partial charge on any atom is -0.493 e. The third-order valence-electron chi connectivity index (χ3n) is 3.23. The Kier molecular flexibility index (Phi) is 4.88. The predicted molar refractivity (Wildman–Crippen MR) is 68.7 cm³/mol. The highest BCUT2D eigenvalue weighted by molar-refractivity contribution is 5.44. The third kappa shape index (κ3) is 4.11. The van der Waals surface area contributed by atoms with Crippen LogP contribution in [0, 0.1) is 0 Å². The van der Waals surface area contributed by atoms with Crippen molar-refractivity contribution >= 4 is 0 Å². The van der Waals surface area contributed by atoms with Gasteiger partial charge in [0, 0.05) is 12.5 Å². The van der Waals surface area contributed by atoms with E-state index in [0.717, 1.165) is 29.7 Å². The van der Waals surface area contributed by atoms with E-state index in [9.17, 15) is 13.2 Å². The molecular formula is C14H18F3NO2. The van der Waals surface area contributed by atoms with Gasteiger partial charge in [-0.05, 0) is 30.0 Å². The molecule has 1 aromatic carbocycles. The minimum atomic E-state index is -4.27. The van der Waals surface area contributed by atoms with Gasteiger partial charge in [-0.3, -0.25) is 0 Å². The first-order chi connectivity index (χ1) is 9.47. The number of hydrogen-bond donors (Lipinski definition) is 1. The van der Waals surface area contributed by atoms with Crippen LogP contribution in [0.5, 0.6) is 5.75 Å². The molecule has 0 saturated carbocycles. The number of rotatable bonds is 6. The van der Waals surface area contributed by atoms with Crippen LogP contribution in [0.4, 0.5) is 13.2 Å². The second-order valence-electron chi connectivity index (χ2n) is 4.84. The van der Waals surface area contributed by atoms with E-state index >= 15 is 0 Å². The first-order valence-electron chi connectivity index (χ1n) is 6.62. The second kappa shape index (κ2) is 6.45. The van der Waals surface area contributed by atoms with Crippen molar-refractivity contribution in [3.63, 3.8) is 0 Å². The van der Waals surface area contributed by atoms with Crippen molar-refractivity contribution in [3.8, 4) is 5.75 Å². The Morgan fingerprint density at radius 2 is 2.05 bits per heavy atom. The largest absolute Gasteiger partial charge is 0.493 e. The van der Waals surface area contributed by atoms with E-state index in [0.29, 0.717) is 13.0 Å². The van der Waals surface area contributed by atoms with Gasteiger partial charge in [-0.1, -0.05) is 12.1 Å². The summed E-state index contributed by atoms with van der Waals surface area (Å²) >= 11 is 0. The molecule has 1 aliphatic rings. The highest BCUT2D eigenvalue weighted by Gasteiger charge is 2.27. The second-order valence-corrected chi connectivity index (χ2v) is 4.84. The summed E-state index contributed by atoms with van der Waals surface area (Å²) in [6, 6.07) is 5.81. The Bertz CT molecular complexity index is 449. The fourth-order valence-corrected chi connectivity index (χ4v) is 2.32. The molecule has 0 fully saturated rings. The monoisotopic (exact) mass is 289 g/mol. The van der Waals surface area contributed by atoms with Crippen molar-refractivity contribution in [2.75, 3.05) is 19.8 Å². The molecule has 1 aromatic rings. The number of benzene rings is 1. The third-order valence-corrected chi connectivity index (χ3v) is 3.23. The first kappa shape index (κ1) is 15.1. The van der Waals surface area contributed by atoms with Crippen molar-refractivity contribution in [1.29, 1.82) is 0 Å². The highest BCUT2D eigenvalue weighted by Crippen LogP contribution is 2.35. The standard InChI is InChI=1S/C14H18F3NO2/c15-14(16,17)9-19-7-2-8-20-13-4-1-3-10-11(13)5-6-12(10)18/h1,3-4,12H,2,5-9,18H2. The molecule has 0 aliphatic heterocycles. The molecule has 20 heavy (non-hydrogen) atoms. The highest BCUT2D eigenvalue weighted by atomic mass is 19.4. The van der Waals surface area contributed by atoms with Crippen LogP contribution in [0.1, 0.15) is 30.0 Å². The Hall–Kier alpha value is -1.27. The molecule has 2 rings (SSSR count). The summed E-state index contributed by atoms with van der Waals surface area (Å²) in [5, 5.41) is 0. The van der Waals surface area contributed by atoms with Crippen LogP contribution in [0.2, 0.25) is 0 Å². The molecule has 6 heteroatoms. The van der Waals surface area contributed by atoms with E-state index in [1.54, 1.807) is 0 Å². The molecule has 2 N–H and O–H groups in total. The summed E-state index contributed by atoms with van der Waals surface area (Å²) in [6.07, 6.45) is -2.05. The molecule has 0 spiro atoms. The molecule has 0 heterocycles. The summed E-state index contributed by atoms with van der Waals surface area (Å²) in [5.41, 5.74) is 8.20. The maximum absolute atomic E-state index is 11.8. The number of alkyl halides is 3. The summed E-state index contributed by atoms with van der Waals surface area (Å²) in [5.74, 6) is 0.784. The lowest BCUT2D eigenvalue weighted by Gasteiger charge is -2.12. The van der Waals surface area contributed by atoms with E-state index in [-0.39, 0.29) is 12.6 Å². The molecule has 0 aromatic heterocycles. The Labute approximate surface area is 115 Å². The Morgan fingerprint density at radius 1 is 1.25 bits per heavy atom. The van der Waals surface area contributed by atoms with Crippen LogP contribution in [0.15, 0.2) is 18.2 Å². The molecule has 1 unspecified atom stereocenters. The van der Waals surface area contributed by atoms with Crippen LogP contribution in [-0.2, 0) is 11.2 Å². The van der Waals surface area contributed by atoms with Gasteiger partial charge in [0.1, 0.15) is 12.4 Å². The van der Waals surface area contributed by atoms with Crippen LogP contribution in [-0.4, -0.2) is 26.0 Å². The van der Waals surface area contributed by atoms with Crippen LogP contribution in [0.3, 0.4) is 0 Å². The Balaban J connectivity index is 1.73. The molecule has 0 bridgehead atoms. The van der Waals surface area contributed by atoms with E-state index in [1.165, 1.54) is 0 Å². The fourth-order valence-electron chi connectivity index (χ4n) is 2.32. The smallest absolute Gasteiger partial charge is 0.411 e. The molecule has 1 atom stereocenters. The first-order valence-corrected chi connectivity index (χ1v) is 6.62. The lowest BCUT2D eigenvalue weighted by Crippen LogP contribution is -2.18. The number of fused-ring (bicyclic) bond motifs is 1. The van der Waals surface area contributed by atoms with Crippen molar-refractivity contribution in [1.82, 2.24) is 0 Å². The minimum absolute atomic E-state index is 0.0358. The van der Waals surface area contributed by atoms with Gasteiger partial charge in [-0.2, -0.15) is 13.2 Å². The Morgan fingerprint density at radius 3 is 2.80 bits per heavy atom. The van der Waals surface area contributed by atoms with Crippen molar-refractivity contribution < 1.29 is 22.6 Å². The molecule has 0 saturated heterocycles. The van der Waals surface area contributed by atoms with Gasteiger partial charge >= 0.3 is 6.18 Å². The van der Waals surface area contributed by atoms with E-state index in [1.807, 2.05) is 18.2 Å². The molecule has 1 aliphatic carbocycles. The van der Waals surface area contributed by atoms with Gasteiger partial charge in [0.2, 0.25) is 0 Å². The number of ether oxygens (including phenoxy) is 2. The van der Waals surface area contributed by atoms with E-state index < -0.39 is 12.8 Å². The molecule has 0 amide bonds. The molecule has 3 nitrogen and oxygen atoms in total. The van der Waals surface area contributed by atoms with Gasteiger partial charge in [0.05, 0.1) is 13.2 Å². The van der Waals surface area contributed by atoms with E-state index in [2.05, 4.69) is 4.74 Å². The quantitative estimate of drug-likeness (QED) is 0.819. The topological polar surface area (TPSA) is 44.5 Å². The molecular weight excluding hydrogens is 271 g/mol.